The van der Waals surface area contributed by atoms with E-state index in [4.69, 9.17) is 9.47 Å². The van der Waals surface area contributed by atoms with Crippen molar-refractivity contribution in [2.24, 2.45) is 0 Å². The Kier molecular flexibility index (Phi) is 5.45. The van der Waals surface area contributed by atoms with Crippen LogP contribution in [0.5, 0.6) is 11.5 Å². The molecule has 1 aliphatic heterocycles. The summed E-state index contributed by atoms with van der Waals surface area (Å²) < 4.78 is 11.7. The maximum atomic E-state index is 12.7. The Morgan fingerprint density at radius 1 is 1.30 bits per heavy atom. The second-order valence-electron chi connectivity index (χ2n) is 6.04. The van der Waals surface area contributed by atoms with E-state index in [1.807, 2.05) is 42.6 Å². The SMILES string of the molecule is CCN(C[C@H]1COc2ccccc2O1)C(=O)CSc1ncnc2sccc12. The molecule has 6 nitrogen and oxygen atoms in total. The number of nitrogens with zero attached hydrogens (tertiary/aromatic N) is 3. The molecule has 1 amide bonds. The molecule has 2 aromatic heterocycles. The first-order chi connectivity index (χ1) is 13.2. The Hall–Kier alpha value is -2.32. The lowest BCUT2D eigenvalue weighted by Gasteiger charge is -2.30. The third kappa shape index (κ3) is 4.01. The minimum absolute atomic E-state index is 0.0620. The molecule has 0 bridgehead atoms. The van der Waals surface area contributed by atoms with Crippen LogP contribution in [-0.2, 0) is 4.79 Å². The van der Waals surface area contributed by atoms with Crippen molar-refractivity contribution in [3.05, 3.63) is 42.0 Å². The normalized spacial score (nSPS) is 15.7. The van der Waals surface area contributed by atoms with Gasteiger partial charge in [-0.25, -0.2) is 9.97 Å². The van der Waals surface area contributed by atoms with E-state index in [-0.39, 0.29) is 12.0 Å². The number of fused-ring (bicyclic) bond motifs is 2. The molecule has 27 heavy (non-hydrogen) atoms. The highest BCUT2D eigenvalue weighted by Gasteiger charge is 2.25. The molecule has 0 radical (unpaired) electrons. The lowest BCUT2D eigenvalue weighted by atomic mass is 10.2. The lowest BCUT2D eigenvalue weighted by molar-refractivity contribution is -0.129. The monoisotopic (exact) mass is 401 g/mol. The van der Waals surface area contributed by atoms with E-state index in [1.54, 1.807) is 22.6 Å². The van der Waals surface area contributed by atoms with Crippen molar-refractivity contribution >= 4 is 39.2 Å². The van der Waals surface area contributed by atoms with Gasteiger partial charge in [0.15, 0.2) is 17.6 Å². The van der Waals surface area contributed by atoms with Gasteiger partial charge in [0.25, 0.3) is 0 Å². The maximum Gasteiger partial charge on any atom is 0.233 e. The largest absolute Gasteiger partial charge is 0.486 e. The number of amides is 1. The van der Waals surface area contributed by atoms with Gasteiger partial charge in [0, 0.05) is 11.9 Å². The van der Waals surface area contributed by atoms with Crippen LogP contribution in [-0.4, -0.2) is 52.3 Å². The smallest absolute Gasteiger partial charge is 0.233 e. The van der Waals surface area contributed by atoms with Gasteiger partial charge in [-0.2, -0.15) is 0 Å². The fraction of sp³-hybridized carbons (Fsp3) is 0.316. The van der Waals surface area contributed by atoms with Gasteiger partial charge < -0.3 is 14.4 Å². The van der Waals surface area contributed by atoms with E-state index in [2.05, 4.69) is 9.97 Å². The molecule has 0 fully saturated rings. The number of ether oxygens (including phenoxy) is 2. The van der Waals surface area contributed by atoms with Crippen LogP contribution in [0.15, 0.2) is 47.1 Å². The van der Waals surface area contributed by atoms with Crippen molar-refractivity contribution in [1.29, 1.82) is 0 Å². The van der Waals surface area contributed by atoms with Crippen LogP contribution >= 0.6 is 23.1 Å². The van der Waals surface area contributed by atoms with Gasteiger partial charge in [0.05, 0.1) is 12.3 Å². The standard InChI is InChI=1S/C19H19N3O3S2/c1-2-22(9-13-10-24-15-5-3-4-6-16(15)25-13)17(23)11-27-19-14-7-8-26-18(14)20-12-21-19/h3-8,12-13H,2,9-11H2,1H3/t13-/m0/s1. The molecule has 0 aliphatic carbocycles. The summed E-state index contributed by atoms with van der Waals surface area (Å²) in [7, 11) is 0. The predicted octanol–water partition coefficient (Wildman–Crippen LogP) is 3.47. The number of carbonyl (C=O) groups excluding carboxylic acids is 1. The maximum absolute atomic E-state index is 12.7. The highest BCUT2D eigenvalue weighted by Crippen LogP contribution is 2.31. The molecule has 0 unspecified atom stereocenters. The van der Waals surface area contributed by atoms with Crippen LogP contribution in [0.2, 0.25) is 0 Å². The molecular formula is C19H19N3O3S2. The molecule has 1 aromatic carbocycles. The summed E-state index contributed by atoms with van der Waals surface area (Å²) >= 11 is 3.02. The second-order valence-corrected chi connectivity index (χ2v) is 7.90. The zero-order chi connectivity index (χ0) is 18.6. The molecule has 3 aromatic rings. The summed E-state index contributed by atoms with van der Waals surface area (Å²) in [6.07, 6.45) is 1.38. The van der Waals surface area contributed by atoms with Crippen molar-refractivity contribution < 1.29 is 14.3 Å². The number of thioether (sulfide) groups is 1. The van der Waals surface area contributed by atoms with E-state index >= 15 is 0 Å². The van der Waals surface area contributed by atoms with Gasteiger partial charge in [-0.15, -0.1) is 11.3 Å². The van der Waals surface area contributed by atoms with E-state index in [9.17, 15) is 4.79 Å². The van der Waals surface area contributed by atoms with E-state index in [0.717, 1.165) is 26.7 Å². The molecule has 3 heterocycles. The number of para-hydroxylation sites is 2. The first-order valence-electron chi connectivity index (χ1n) is 8.72. The number of carbonyl (C=O) groups is 1. The molecule has 0 saturated heterocycles. The summed E-state index contributed by atoms with van der Waals surface area (Å²) in [4.78, 5) is 24.0. The molecule has 0 N–H and O–H groups in total. The number of rotatable bonds is 6. The molecular weight excluding hydrogens is 382 g/mol. The minimum atomic E-state index is -0.170. The number of hydrogen-bond acceptors (Lipinski definition) is 7. The Bertz CT molecular complexity index is 947. The van der Waals surface area contributed by atoms with Gasteiger partial charge >= 0.3 is 0 Å². The lowest BCUT2D eigenvalue weighted by Crippen LogP contribution is -2.44. The van der Waals surface area contributed by atoms with Crippen LogP contribution in [0.3, 0.4) is 0 Å². The quantitative estimate of drug-likeness (QED) is 0.465. The fourth-order valence-corrected chi connectivity index (χ4v) is 4.59. The Morgan fingerprint density at radius 3 is 3.00 bits per heavy atom. The van der Waals surface area contributed by atoms with Crippen LogP contribution in [0.25, 0.3) is 10.2 Å². The van der Waals surface area contributed by atoms with E-state index < -0.39 is 0 Å². The molecule has 4 rings (SSSR count). The molecule has 0 spiro atoms. The Balaban J connectivity index is 1.36. The fourth-order valence-electron chi connectivity index (χ4n) is 2.91. The van der Waals surface area contributed by atoms with Crippen LogP contribution in [0.1, 0.15) is 6.92 Å². The first kappa shape index (κ1) is 18.1. The summed E-state index contributed by atoms with van der Waals surface area (Å²) in [6, 6.07) is 9.60. The number of likely N-dealkylation sites (N-methyl/N-ethyl adjacent to an activating group) is 1. The Morgan fingerprint density at radius 2 is 2.15 bits per heavy atom. The van der Waals surface area contributed by atoms with Gasteiger partial charge in [-0.3, -0.25) is 4.79 Å². The predicted molar refractivity (Wildman–Crippen MR) is 107 cm³/mol. The van der Waals surface area contributed by atoms with Gasteiger partial charge in [0.2, 0.25) is 5.91 Å². The minimum Gasteiger partial charge on any atom is -0.486 e. The first-order valence-corrected chi connectivity index (χ1v) is 10.6. The molecule has 1 atom stereocenters. The summed E-state index contributed by atoms with van der Waals surface area (Å²) in [5.74, 6) is 1.88. The zero-order valence-electron chi connectivity index (χ0n) is 14.8. The average molecular weight is 402 g/mol. The number of benzene rings is 1. The summed E-state index contributed by atoms with van der Waals surface area (Å²) in [6.45, 7) is 3.54. The third-order valence-corrected chi connectivity index (χ3v) is 6.09. The molecule has 1 aliphatic rings. The van der Waals surface area contributed by atoms with E-state index in [0.29, 0.717) is 25.4 Å². The summed E-state index contributed by atoms with van der Waals surface area (Å²) in [5, 5.41) is 3.84. The van der Waals surface area contributed by atoms with Crippen LogP contribution in [0, 0.1) is 0 Å². The highest BCUT2D eigenvalue weighted by molar-refractivity contribution is 8.00. The second kappa shape index (κ2) is 8.14. The van der Waals surface area contributed by atoms with Gasteiger partial charge in [0.1, 0.15) is 22.8 Å². The van der Waals surface area contributed by atoms with Crippen molar-refractivity contribution in [3.63, 3.8) is 0 Å². The van der Waals surface area contributed by atoms with E-state index in [1.165, 1.54) is 11.8 Å². The zero-order valence-corrected chi connectivity index (χ0v) is 16.5. The van der Waals surface area contributed by atoms with Crippen molar-refractivity contribution in [1.82, 2.24) is 14.9 Å². The average Bonchev–Trinajstić information content (AvgIpc) is 3.19. The van der Waals surface area contributed by atoms with Crippen LogP contribution < -0.4 is 9.47 Å². The molecule has 0 saturated carbocycles. The topological polar surface area (TPSA) is 64.6 Å². The van der Waals surface area contributed by atoms with Crippen molar-refractivity contribution in [2.75, 3.05) is 25.4 Å². The molecule has 140 valence electrons. The number of aromatic nitrogens is 2. The Labute approximate surface area is 165 Å². The summed E-state index contributed by atoms with van der Waals surface area (Å²) in [5.41, 5.74) is 0. The number of hydrogen-bond donors (Lipinski definition) is 0. The van der Waals surface area contributed by atoms with Crippen molar-refractivity contribution in [2.45, 2.75) is 18.1 Å². The highest BCUT2D eigenvalue weighted by atomic mass is 32.2. The van der Waals surface area contributed by atoms with Gasteiger partial charge in [-0.1, -0.05) is 23.9 Å². The van der Waals surface area contributed by atoms with Gasteiger partial charge in [-0.05, 0) is 30.5 Å². The molecule has 8 heteroatoms. The van der Waals surface area contributed by atoms with Crippen LogP contribution in [0.4, 0.5) is 0 Å². The third-order valence-electron chi connectivity index (χ3n) is 4.28. The number of thiophene rings is 1. The van der Waals surface area contributed by atoms with Crippen molar-refractivity contribution in [3.8, 4) is 11.5 Å².